The summed E-state index contributed by atoms with van der Waals surface area (Å²) in [6.07, 6.45) is 6.76. The van der Waals surface area contributed by atoms with Crippen molar-refractivity contribution in [3.05, 3.63) is 54.4 Å². The average molecular weight is 507 g/mol. The van der Waals surface area contributed by atoms with Gasteiger partial charge in [-0.3, -0.25) is 24.2 Å². The fraction of sp³-hybridized carbons (Fsp3) is 0.444. The number of benzene rings is 1. The summed E-state index contributed by atoms with van der Waals surface area (Å²) in [6, 6.07) is 7.25. The number of hydrogen-bond acceptors (Lipinski definition) is 7. The van der Waals surface area contributed by atoms with Crippen LogP contribution < -0.4 is 10.6 Å². The van der Waals surface area contributed by atoms with Crippen molar-refractivity contribution in [3.8, 4) is 0 Å². The first-order valence-electron chi connectivity index (χ1n) is 12.7. The molecule has 5 atom stereocenters. The van der Waals surface area contributed by atoms with Gasteiger partial charge in [0.15, 0.2) is 0 Å². The van der Waals surface area contributed by atoms with Gasteiger partial charge in [0.25, 0.3) is 0 Å². The first kappa shape index (κ1) is 24.9. The van der Waals surface area contributed by atoms with Crippen molar-refractivity contribution in [2.75, 3.05) is 0 Å². The van der Waals surface area contributed by atoms with Gasteiger partial charge in [0.05, 0.1) is 6.42 Å². The van der Waals surface area contributed by atoms with Crippen molar-refractivity contribution >= 4 is 34.5 Å². The lowest BCUT2D eigenvalue weighted by atomic mass is 10.0. The lowest BCUT2D eigenvalue weighted by Crippen LogP contribution is -2.57. The van der Waals surface area contributed by atoms with Crippen molar-refractivity contribution in [2.45, 2.75) is 75.4 Å². The first-order valence-corrected chi connectivity index (χ1v) is 12.7. The Bertz CT molecular complexity index is 1240. The van der Waals surface area contributed by atoms with E-state index in [4.69, 9.17) is 4.74 Å². The van der Waals surface area contributed by atoms with E-state index in [9.17, 15) is 24.3 Å². The van der Waals surface area contributed by atoms with Crippen LogP contribution in [-0.4, -0.2) is 69.1 Å². The molecule has 37 heavy (non-hydrogen) atoms. The Morgan fingerprint density at radius 3 is 2.70 bits per heavy atom. The van der Waals surface area contributed by atoms with Crippen molar-refractivity contribution in [1.29, 1.82) is 0 Å². The van der Waals surface area contributed by atoms with Gasteiger partial charge in [-0.05, 0) is 43.6 Å². The summed E-state index contributed by atoms with van der Waals surface area (Å²) in [5, 5.41) is 17.4. The predicted molar refractivity (Wildman–Crippen MR) is 133 cm³/mol. The molecule has 2 saturated heterocycles. The second-order valence-corrected chi connectivity index (χ2v) is 9.73. The smallest absolute Gasteiger partial charge is 0.310 e. The molecule has 5 rings (SSSR count). The normalized spacial score (nSPS) is 27.4. The third kappa shape index (κ3) is 5.34. The quantitative estimate of drug-likeness (QED) is 0.394. The highest BCUT2D eigenvalue weighted by atomic mass is 16.6. The largest absolute Gasteiger partial charge is 0.434 e. The van der Waals surface area contributed by atoms with Gasteiger partial charge < -0.3 is 25.4 Å². The topological polar surface area (TPSA) is 138 Å². The van der Waals surface area contributed by atoms with E-state index in [0.717, 1.165) is 16.5 Å². The zero-order valence-electron chi connectivity index (χ0n) is 20.3. The predicted octanol–water partition coefficient (Wildman–Crippen LogP) is 1.11. The third-order valence-corrected chi connectivity index (χ3v) is 7.30. The lowest BCUT2D eigenvalue weighted by Gasteiger charge is -2.34. The van der Waals surface area contributed by atoms with Gasteiger partial charge in [-0.1, -0.05) is 36.4 Å². The summed E-state index contributed by atoms with van der Waals surface area (Å²) in [5.41, 5.74) is 0.824. The van der Waals surface area contributed by atoms with Gasteiger partial charge in [0.1, 0.15) is 18.1 Å². The number of fused-ring (bicyclic) bond motifs is 2. The standard InChI is InChI=1S/C27H30N4O6/c32-23(12-10-19-18-7-3-1-5-16(18)13-14-28-19)29-20-8-4-2-6-17-9-11-22(31(17)26(20)35)25(34)30-21-15-24(33)37-27(21)36/h1-5,7,13-14,17,20-22,27,36H,6,8-12,15H2,(H,29,32)(H,30,34). The van der Waals surface area contributed by atoms with E-state index in [0.29, 0.717) is 32.1 Å². The van der Waals surface area contributed by atoms with E-state index in [1.54, 1.807) is 11.1 Å². The molecule has 3 N–H and O–H groups in total. The van der Waals surface area contributed by atoms with E-state index < -0.39 is 36.3 Å². The Labute approximate surface area is 214 Å². The third-order valence-electron chi connectivity index (χ3n) is 7.30. The van der Waals surface area contributed by atoms with E-state index in [1.165, 1.54) is 0 Å². The summed E-state index contributed by atoms with van der Waals surface area (Å²) in [4.78, 5) is 57.0. The Balaban J connectivity index is 1.24. The molecule has 0 aliphatic carbocycles. The summed E-state index contributed by atoms with van der Waals surface area (Å²) in [6.45, 7) is 0. The summed E-state index contributed by atoms with van der Waals surface area (Å²) in [5.74, 6) is -1.59. The first-order chi connectivity index (χ1) is 17.9. The highest BCUT2D eigenvalue weighted by molar-refractivity contribution is 5.93. The minimum atomic E-state index is -1.40. The van der Waals surface area contributed by atoms with Gasteiger partial charge in [-0.15, -0.1) is 0 Å². The van der Waals surface area contributed by atoms with Crippen LogP contribution in [0.1, 0.15) is 44.2 Å². The number of aliphatic hydroxyl groups excluding tert-OH is 1. The van der Waals surface area contributed by atoms with Crippen LogP contribution in [0.25, 0.3) is 10.8 Å². The number of carbonyl (C=O) groups excluding carboxylic acids is 4. The number of pyridine rings is 1. The van der Waals surface area contributed by atoms with Gasteiger partial charge >= 0.3 is 5.97 Å². The minimum Gasteiger partial charge on any atom is -0.434 e. The molecule has 2 aromatic rings. The number of esters is 1. The molecule has 1 aromatic heterocycles. The Morgan fingerprint density at radius 2 is 1.89 bits per heavy atom. The number of amides is 3. The molecule has 3 aliphatic rings. The molecule has 4 heterocycles. The van der Waals surface area contributed by atoms with Crippen molar-refractivity contribution in [3.63, 3.8) is 0 Å². The lowest BCUT2D eigenvalue weighted by molar-refractivity contribution is -0.155. The number of aromatic nitrogens is 1. The molecule has 0 bridgehead atoms. The van der Waals surface area contributed by atoms with Gasteiger partial charge in [0.2, 0.25) is 24.0 Å². The highest BCUT2D eigenvalue weighted by Gasteiger charge is 2.45. The summed E-state index contributed by atoms with van der Waals surface area (Å²) in [7, 11) is 0. The summed E-state index contributed by atoms with van der Waals surface area (Å²) < 4.78 is 4.70. The van der Waals surface area contributed by atoms with Gasteiger partial charge in [0, 0.05) is 29.7 Å². The number of aryl methyl sites for hydroxylation is 1. The Morgan fingerprint density at radius 1 is 1.08 bits per heavy atom. The molecular weight excluding hydrogens is 476 g/mol. The maximum absolute atomic E-state index is 13.6. The Kier molecular flexibility index (Phi) is 7.18. The van der Waals surface area contributed by atoms with Crippen molar-refractivity contribution in [1.82, 2.24) is 20.5 Å². The fourth-order valence-corrected chi connectivity index (χ4v) is 5.42. The number of nitrogens with zero attached hydrogens (tertiary/aromatic N) is 2. The molecule has 3 amide bonds. The van der Waals surface area contributed by atoms with E-state index >= 15 is 0 Å². The molecular formula is C27H30N4O6. The van der Waals surface area contributed by atoms with Crippen LogP contribution in [0, 0.1) is 0 Å². The molecule has 2 fully saturated rings. The number of nitrogens with one attached hydrogen (secondary N) is 2. The molecule has 0 radical (unpaired) electrons. The second-order valence-electron chi connectivity index (χ2n) is 9.73. The number of rotatable bonds is 6. The van der Waals surface area contributed by atoms with Crippen molar-refractivity contribution < 1.29 is 29.0 Å². The zero-order chi connectivity index (χ0) is 25.9. The van der Waals surface area contributed by atoms with Crippen LogP contribution in [0.3, 0.4) is 0 Å². The summed E-state index contributed by atoms with van der Waals surface area (Å²) >= 11 is 0. The van der Waals surface area contributed by atoms with Crippen LogP contribution >= 0.6 is 0 Å². The van der Waals surface area contributed by atoms with Crippen molar-refractivity contribution in [2.24, 2.45) is 0 Å². The molecule has 0 saturated carbocycles. The number of carbonyl (C=O) groups is 4. The highest BCUT2D eigenvalue weighted by Crippen LogP contribution is 2.30. The monoisotopic (exact) mass is 506 g/mol. The van der Waals surface area contributed by atoms with Crippen LogP contribution in [-0.2, 0) is 30.3 Å². The molecule has 10 heteroatoms. The van der Waals surface area contributed by atoms with Crippen LogP contribution in [0.5, 0.6) is 0 Å². The van der Waals surface area contributed by atoms with Crippen LogP contribution in [0.2, 0.25) is 0 Å². The number of hydrogen-bond donors (Lipinski definition) is 3. The van der Waals surface area contributed by atoms with Crippen LogP contribution in [0.15, 0.2) is 48.7 Å². The number of ether oxygens (including phenoxy) is 1. The Hall–Kier alpha value is -3.79. The minimum absolute atomic E-state index is 0.121. The molecule has 10 nitrogen and oxygen atoms in total. The zero-order valence-corrected chi connectivity index (χ0v) is 20.3. The van der Waals surface area contributed by atoms with Gasteiger partial charge in [-0.2, -0.15) is 0 Å². The maximum Gasteiger partial charge on any atom is 0.310 e. The van der Waals surface area contributed by atoms with Gasteiger partial charge in [-0.25, -0.2) is 0 Å². The van der Waals surface area contributed by atoms with Crippen LogP contribution in [0.4, 0.5) is 0 Å². The van der Waals surface area contributed by atoms with E-state index in [2.05, 4.69) is 15.6 Å². The average Bonchev–Trinajstić information content (AvgIpc) is 3.44. The number of cyclic esters (lactones) is 1. The molecule has 194 valence electrons. The second kappa shape index (κ2) is 10.7. The molecule has 5 unspecified atom stereocenters. The molecule has 1 aromatic carbocycles. The molecule has 0 spiro atoms. The SMILES string of the molecule is O=C(CCc1nccc2ccccc12)NC1CC=CCC2CCC(C(=O)NC3CC(=O)OC3O)N2C1=O. The fourth-order valence-electron chi connectivity index (χ4n) is 5.42. The van der Waals surface area contributed by atoms with E-state index in [-0.39, 0.29) is 30.7 Å². The van der Waals surface area contributed by atoms with E-state index in [1.807, 2.05) is 42.5 Å². The molecule has 3 aliphatic heterocycles. The number of aliphatic hydroxyl groups is 1. The maximum atomic E-state index is 13.6.